The number of ether oxygens (including phenoxy) is 2. The predicted octanol–water partition coefficient (Wildman–Crippen LogP) is 2.29. The van der Waals surface area contributed by atoms with Crippen LogP contribution in [0.15, 0.2) is 24.3 Å². The number of methoxy groups -OCH3 is 1. The second-order valence-electron chi connectivity index (χ2n) is 8.63. The molecule has 4 aliphatic rings. The number of amides is 1. The van der Waals surface area contributed by atoms with Crippen molar-refractivity contribution in [2.75, 3.05) is 19.0 Å². The van der Waals surface area contributed by atoms with Gasteiger partial charge in [0, 0.05) is 0 Å². The summed E-state index contributed by atoms with van der Waals surface area (Å²) in [4.78, 5) is 36.9. The van der Waals surface area contributed by atoms with E-state index in [2.05, 4.69) is 5.32 Å². The van der Waals surface area contributed by atoms with Crippen molar-refractivity contribution in [3.63, 3.8) is 0 Å². The summed E-state index contributed by atoms with van der Waals surface area (Å²) in [6, 6.07) is 6.48. The first kappa shape index (κ1) is 18.9. The van der Waals surface area contributed by atoms with Gasteiger partial charge in [0.1, 0.15) is 0 Å². The molecule has 4 saturated carbocycles. The van der Waals surface area contributed by atoms with Gasteiger partial charge in [-0.1, -0.05) is 12.1 Å². The summed E-state index contributed by atoms with van der Waals surface area (Å²) < 4.78 is 10.1. The van der Waals surface area contributed by atoms with Gasteiger partial charge < -0.3 is 19.9 Å². The van der Waals surface area contributed by atoms with Crippen molar-refractivity contribution >= 4 is 23.5 Å². The third-order valence-electron chi connectivity index (χ3n) is 6.40. The first-order chi connectivity index (χ1) is 13.3. The maximum absolute atomic E-state index is 12.8. The van der Waals surface area contributed by atoms with Crippen molar-refractivity contribution in [3.8, 4) is 0 Å². The zero-order valence-corrected chi connectivity index (χ0v) is 15.9. The molecule has 0 radical (unpaired) electrons. The lowest BCUT2D eigenvalue weighted by atomic mass is 9.48. The Balaban J connectivity index is 1.38. The van der Waals surface area contributed by atoms with E-state index >= 15 is 0 Å². The van der Waals surface area contributed by atoms with Gasteiger partial charge in [0.25, 0.3) is 5.91 Å². The molecule has 0 saturated heterocycles. The van der Waals surface area contributed by atoms with E-state index in [1.54, 1.807) is 24.3 Å². The van der Waals surface area contributed by atoms with Crippen LogP contribution in [0.25, 0.3) is 0 Å². The van der Waals surface area contributed by atoms with Gasteiger partial charge in [-0.25, -0.2) is 4.79 Å². The van der Waals surface area contributed by atoms with Crippen molar-refractivity contribution < 1.29 is 29.0 Å². The normalized spacial score (nSPS) is 32.6. The van der Waals surface area contributed by atoms with Gasteiger partial charge in [-0.05, 0) is 62.5 Å². The maximum atomic E-state index is 12.8. The number of hydrogen-bond donors (Lipinski definition) is 2. The molecule has 2 unspecified atom stereocenters. The fourth-order valence-corrected chi connectivity index (χ4v) is 5.80. The van der Waals surface area contributed by atoms with Gasteiger partial charge in [-0.2, -0.15) is 0 Å². The molecule has 1 aromatic carbocycles. The van der Waals surface area contributed by atoms with Crippen molar-refractivity contribution in [1.82, 2.24) is 0 Å². The molecule has 0 aromatic heterocycles. The highest BCUT2D eigenvalue weighted by Crippen LogP contribution is 2.61. The number of nitrogens with one attached hydrogen (secondary N) is 1. The predicted molar refractivity (Wildman–Crippen MR) is 99.4 cm³/mol. The molecular formula is C21H25NO6. The summed E-state index contributed by atoms with van der Waals surface area (Å²) in [5, 5.41) is 13.4. The van der Waals surface area contributed by atoms with Gasteiger partial charge >= 0.3 is 11.9 Å². The van der Waals surface area contributed by atoms with Crippen LogP contribution < -0.4 is 5.32 Å². The molecule has 4 aliphatic carbocycles. The Bertz CT molecular complexity index is 805. The molecule has 0 spiro atoms. The molecule has 1 aromatic rings. The zero-order chi connectivity index (χ0) is 19.9. The number of carbonyl (C=O) groups excluding carboxylic acids is 3. The Kier molecular flexibility index (Phi) is 4.65. The number of carbonyl (C=O) groups is 3. The number of para-hydroxylation sites is 1. The summed E-state index contributed by atoms with van der Waals surface area (Å²) in [7, 11) is 1.27. The van der Waals surface area contributed by atoms with Gasteiger partial charge in [-0.15, -0.1) is 0 Å². The molecule has 4 atom stereocenters. The smallest absolute Gasteiger partial charge is 0.339 e. The molecule has 28 heavy (non-hydrogen) atoms. The fraction of sp³-hybridized carbons (Fsp3) is 0.571. The van der Waals surface area contributed by atoms with Crippen LogP contribution in [0, 0.1) is 17.3 Å². The van der Waals surface area contributed by atoms with Crippen LogP contribution in [-0.4, -0.2) is 42.3 Å². The molecule has 7 heteroatoms. The minimum atomic E-state index is -0.759. The topological polar surface area (TPSA) is 102 Å². The molecule has 0 aliphatic heterocycles. The average Bonchev–Trinajstić information content (AvgIpc) is 2.64. The van der Waals surface area contributed by atoms with E-state index in [1.165, 1.54) is 7.11 Å². The van der Waals surface area contributed by atoms with Crippen molar-refractivity contribution in [1.29, 1.82) is 0 Å². The molecule has 7 nitrogen and oxygen atoms in total. The van der Waals surface area contributed by atoms with E-state index in [9.17, 15) is 19.5 Å². The Morgan fingerprint density at radius 2 is 1.82 bits per heavy atom. The largest absolute Gasteiger partial charge is 0.465 e. The second kappa shape index (κ2) is 6.88. The summed E-state index contributed by atoms with van der Waals surface area (Å²) in [5.74, 6) is -0.751. The van der Waals surface area contributed by atoms with Crippen LogP contribution in [0.3, 0.4) is 0 Å². The maximum Gasteiger partial charge on any atom is 0.339 e. The van der Waals surface area contributed by atoms with E-state index < -0.39 is 35.5 Å². The third kappa shape index (κ3) is 3.39. The minimum absolute atomic E-state index is 0.230. The first-order valence-electron chi connectivity index (χ1n) is 9.69. The van der Waals surface area contributed by atoms with Crippen LogP contribution in [0.5, 0.6) is 0 Å². The highest BCUT2D eigenvalue weighted by atomic mass is 16.5. The van der Waals surface area contributed by atoms with Gasteiger partial charge in [-0.3, -0.25) is 9.59 Å². The Morgan fingerprint density at radius 1 is 1.14 bits per heavy atom. The molecule has 4 fully saturated rings. The lowest BCUT2D eigenvalue weighted by Crippen LogP contribution is -2.58. The lowest BCUT2D eigenvalue weighted by Gasteiger charge is -2.58. The fourth-order valence-electron chi connectivity index (χ4n) is 5.80. The molecule has 1 amide bonds. The van der Waals surface area contributed by atoms with E-state index in [0.717, 1.165) is 32.1 Å². The highest BCUT2D eigenvalue weighted by Gasteiger charge is 2.60. The number of esters is 2. The van der Waals surface area contributed by atoms with E-state index in [1.807, 2.05) is 0 Å². The molecule has 4 bridgehead atoms. The number of aliphatic hydroxyl groups is 1. The van der Waals surface area contributed by atoms with Crippen molar-refractivity contribution in [2.45, 2.75) is 44.1 Å². The Morgan fingerprint density at radius 3 is 2.46 bits per heavy atom. The Hall–Kier alpha value is -2.41. The summed E-state index contributed by atoms with van der Waals surface area (Å²) in [6.07, 6.45) is 4.50. The lowest BCUT2D eigenvalue weighted by molar-refractivity contribution is -0.196. The molecule has 2 N–H and O–H groups in total. The van der Waals surface area contributed by atoms with E-state index in [4.69, 9.17) is 9.47 Å². The van der Waals surface area contributed by atoms with E-state index in [-0.39, 0.29) is 5.56 Å². The van der Waals surface area contributed by atoms with Crippen LogP contribution in [0.2, 0.25) is 0 Å². The van der Waals surface area contributed by atoms with Crippen molar-refractivity contribution in [3.05, 3.63) is 29.8 Å². The van der Waals surface area contributed by atoms with E-state index in [0.29, 0.717) is 23.9 Å². The molecule has 0 heterocycles. The number of anilines is 1. The number of rotatable bonds is 5. The van der Waals surface area contributed by atoms with Crippen LogP contribution >= 0.6 is 0 Å². The van der Waals surface area contributed by atoms with Crippen LogP contribution in [-0.2, 0) is 19.1 Å². The summed E-state index contributed by atoms with van der Waals surface area (Å²) in [5.41, 5.74) is -0.888. The minimum Gasteiger partial charge on any atom is -0.465 e. The second-order valence-corrected chi connectivity index (χ2v) is 8.63. The third-order valence-corrected chi connectivity index (χ3v) is 6.40. The van der Waals surface area contributed by atoms with Crippen LogP contribution in [0.1, 0.15) is 48.9 Å². The summed E-state index contributed by atoms with van der Waals surface area (Å²) in [6.45, 7) is -0.427. The first-order valence-corrected chi connectivity index (χ1v) is 9.69. The molecule has 150 valence electrons. The molecule has 5 rings (SSSR count). The standard InChI is InChI=1S/C21H25NO6/c1-27-18(24)15-4-2-3-5-16(15)22-17(23)11-28-19(25)20-7-13-6-14(8-20)10-21(26,9-13)12-20/h2-5,13-14,26H,6-12H2,1H3,(H,22,23)/t13-,14+,20?,21?. The average molecular weight is 387 g/mol. The zero-order valence-electron chi connectivity index (χ0n) is 15.9. The quantitative estimate of drug-likeness (QED) is 0.752. The number of hydrogen-bond acceptors (Lipinski definition) is 6. The van der Waals surface area contributed by atoms with Crippen LogP contribution in [0.4, 0.5) is 5.69 Å². The van der Waals surface area contributed by atoms with Gasteiger partial charge in [0.05, 0.1) is 29.4 Å². The molecular weight excluding hydrogens is 362 g/mol. The monoisotopic (exact) mass is 387 g/mol. The van der Waals surface area contributed by atoms with Gasteiger partial charge in [0.15, 0.2) is 6.61 Å². The number of benzene rings is 1. The van der Waals surface area contributed by atoms with Crippen molar-refractivity contribution in [2.24, 2.45) is 17.3 Å². The summed E-state index contributed by atoms with van der Waals surface area (Å²) >= 11 is 0. The van der Waals surface area contributed by atoms with Gasteiger partial charge in [0.2, 0.25) is 0 Å². The highest BCUT2D eigenvalue weighted by molar-refractivity contribution is 6.01. The SMILES string of the molecule is COC(=O)c1ccccc1NC(=O)COC(=O)C12C[C@@H]3C[C@@H](CC(O)(C3)C1)C2. The Labute approximate surface area is 163 Å².